The molecule has 2 heteroatoms. The van der Waals surface area contributed by atoms with E-state index in [2.05, 4.69) is 12.1 Å². The fourth-order valence-electron chi connectivity index (χ4n) is 1.64. The van der Waals surface area contributed by atoms with Crippen LogP contribution in [0.1, 0.15) is 43.5 Å². The highest BCUT2D eigenvalue weighted by Gasteiger charge is 2.20. The van der Waals surface area contributed by atoms with E-state index in [0.717, 1.165) is 16.7 Å². The lowest BCUT2D eigenvalue weighted by molar-refractivity contribution is 0.683. The van der Waals surface area contributed by atoms with E-state index in [1.54, 1.807) is 0 Å². The first-order valence-corrected chi connectivity index (χ1v) is 5.16. The van der Waals surface area contributed by atoms with Crippen LogP contribution in [0, 0.1) is 18.3 Å². The normalized spacial score (nSPS) is 13.3. The molecule has 0 fully saturated rings. The Hall–Kier alpha value is -1.33. The van der Waals surface area contributed by atoms with Crippen LogP contribution in [-0.2, 0) is 5.41 Å². The minimum absolute atomic E-state index is 0.0456. The van der Waals surface area contributed by atoms with Crippen LogP contribution in [0.4, 0.5) is 0 Å². The quantitative estimate of drug-likeness (QED) is 0.801. The first-order valence-electron chi connectivity index (χ1n) is 5.16. The van der Waals surface area contributed by atoms with E-state index < -0.39 is 5.41 Å². The summed E-state index contributed by atoms with van der Waals surface area (Å²) in [5.41, 5.74) is 8.76. The van der Waals surface area contributed by atoms with E-state index in [1.165, 1.54) is 0 Å². The molecule has 1 rings (SSSR count). The summed E-state index contributed by atoms with van der Waals surface area (Å²) in [6, 6.07) is 8.42. The third-order valence-corrected chi connectivity index (χ3v) is 2.76. The van der Waals surface area contributed by atoms with Crippen molar-refractivity contribution in [2.75, 3.05) is 0 Å². The molecule has 0 heterocycles. The topological polar surface area (TPSA) is 49.8 Å². The van der Waals surface area contributed by atoms with Gasteiger partial charge in [0, 0.05) is 6.04 Å². The third-order valence-electron chi connectivity index (χ3n) is 2.76. The van der Waals surface area contributed by atoms with Gasteiger partial charge in [-0.2, -0.15) is 5.26 Å². The predicted molar refractivity (Wildman–Crippen MR) is 62.4 cm³/mol. The zero-order valence-electron chi connectivity index (χ0n) is 9.83. The number of rotatable bonds is 2. The molecule has 0 aliphatic heterocycles. The smallest absolute Gasteiger partial charge is 0.0766 e. The highest BCUT2D eigenvalue weighted by Crippen LogP contribution is 2.25. The van der Waals surface area contributed by atoms with Crippen LogP contribution in [0.25, 0.3) is 0 Å². The number of hydrogen-bond acceptors (Lipinski definition) is 2. The van der Waals surface area contributed by atoms with Gasteiger partial charge >= 0.3 is 0 Å². The Morgan fingerprint density at radius 1 is 1.40 bits per heavy atom. The number of hydrogen-bond donors (Lipinski definition) is 1. The number of nitrogens with two attached hydrogens (primary N) is 1. The lowest BCUT2D eigenvalue weighted by Gasteiger charge is -2.18. The van der Waals surface area contributed by atoms with E-state index in [-0.39, 0.29) is 6.04 Å². The second-order valence-electron chi connectivity index (χ2n) is 4.60. The minimum atomic E-state index is -0.429. The maximum absolute atomic E-state index is 9.04. The molecular formula is C13H18N2. The molecular weight excluding hydrogens is 184 g/mol. The molecule has 0 spiro atoms. The average molecular weight is 202 g/mol. The lowest BCUT2D eigenvalue weighted by Crippen LogP contribution is -2.15. The average Bonchev–Trinajstić information content (AvgIpc) is 2.17. The molecule has 0 aliphatic carbocycles. The van der Waals surface area contributed by atoms with Crippen molar-refractivity contribution in [2.45, 2.75) is 39.2 Å². The van der Waals surface area contributed by atoms with E-state index in [1.807, 2.05) is 39.8 Å². The van der Waals surface area contributed by atoms with Gasteiger partial charge in [0.05, 0.1) is 11.5 Å². The third kappa shape index (κ3) is 2.37. The molecule has 1 aromatic carbocycles. The Labute approximate surface area is 91.7 Å². The summed E-state index contributed by atoms with van der Waals surface area (Å²) in [5.74, 6) is 0. The van der Waals surface area contributed by atoms with Crippen LogP contribution in [-0.4, -0.2) is 0 Å². The van der Waals surface area contributed by atoms with Gasteiger partial charge in [-0.05, 0) is 44.4 Å². The Balaban J connectivity index is 3.19. The Morgan fingerprint density at radius 2 is 2.00 bits per heavy atom. The van der Waals surface area contributed by atoms with E-state index in [0.29, 0.717) is 0 Å². The molecule has 15 heavy (non-hydrogen) atoms. The lowest BCUT2D eigenvalue weighted by atomic mass is 9.84. The van der Waals surface area contributed by atoms with Gasteiger partial charge in [-0.1, -0.05) is 18.2 Å². The SMILES string of the molecule is Cc1cc(C(C)(C)C#N)ccc1C(C)N. The van der Waals surface area contributed by atoms with E-state index >= 15 is 0 Å². The van der Waals surface area contributed by atoms with Crippen LogP contribution in [0.15, 0.2) is 18.2 Å². The van der Waals surface area contributed by atoms with Crippen LogP contribution in [0.2, 0.25) is 0 Å². The number of aryl methyl sites for hydroxylation is 1. The van der Waals surface area contributed by atoms with Crippen molar-refractivity contribution in [3.63, 3.8) is 0 Å². The molecule has 0 amide bonds. The summed E-state index contributed by atoms with van der Waals surface area (Å²) in [6.07, 6.45) is 0. The molecule has 0 aromatic heterocycles. The van der Waals surface area contributed by atoms with Crippen molar-refractivity contribution in [1.29, 1.82) is 5.26 Å². The maximum Gasteiger partial charge on any atom is 0.0766 e. The Morgan fingerprint density at radius 3 is 2.40 bits per heavy atom. The second kappa shape index (κ2) is 4.04. The maximum atomic E-state index is 9.04. The van der Waals surface area contributed by atoms with Gasteiger partial charge in [-0.15, -0.1) is 0 Å². The van der Waals surface area contributed by atoms with Crippen molar-refractivity contribution in [3.8, 4) is 6.07 Å². The van der Waals surface area contributed by atoms with Gasteiger partial charge in [-0.25, -0.2) is 0 Å². The Kier molecular flexibility index (Phi) is 3.16. The fraction of sp³-hybridized carbons (Fsp3) is 0.462. The number of benzene rings is 1. The molecule has 0 aliphatic rings. The highest BCUT2D eigenvalue weighted by atomic mass is 14.6. The van der Waals surface area contributed by atoms with Gasteiger partial charge in [0.1, 0.15) is 0 Å². The van der Waals surface area contributed by atoms with Crippen molar-refractivity contribution < 1.29 is 0 Å². The van der Waals surface area contributed by atoms with Gasteiger partial charge in [0.2, 0.25) is 0 Å². The molecule has 1 atom stereocenters. The second-order valence-corrected chi connectivity index (χ2v) is 4.60. The standard InChI is InChI=1S/C13H18N2/c1-9-7-11(13(3,4)8-14)5-6-12(9)10(2)15/h5-7,10H,15H2,1-4H3. The molecule has 0 saturated carbocycles. The van der Waals surface area contributed by atoms with Crippen molar-refractivity contribution in [1.82, 2.24) is 0 Å². The molecule has 2 N–H and O–H groups in total. The molecule has 0 bridgehead atoms. The number of nitrogens with zero attached hydrogens (tertiary/aromatic N) is 1. The predicted octanol–water partition coefficient (Wildman–Crippen LogP) is 2.82. The largest absolute Gasteiger partial charge is 0.324 e. The first kappa shape index (κ1) is 11.7. The zero-order chi connectivity index (χ0) is 11.6. The van der Waals surface area contributed by atoms with Gasteiger partial charge in [-0.3, -0.25) is 0 Å². The molecule has 0 radical (unpaired) electrons. The van der Waals surface area contributed by atoms with Crippen molar-refractivity contribution in [3.05, 3.63) is 34.9 Å². The summed E-state index contributed by atoms with van der Waals surface area (Å²) < 4.78 is 0. The fourth-order valence-corrected chi connectivity index (χ4v) is 1.64. The zero-order valence-corrected chi connectivity index (χ0v) is 9.83. The minimum Gasteiger partial charge on any atom is -0.324 e. The van der Waals surface area contributed by atoms with Crippen molar-refractivity contribution in [2.24, 2.45) is 5.73 Å². The monoisotopic (exact) mass is 202 g/mol. The van der Waals surface area contributed by atoms with E-state index in [4.69, 9.17) is 11.0 Å². The Bertz CT molecular complexity index is 397. The van der Waals surface area contributed by atoms with E-state index in [9.17, 15) is 0 Å². The molecule has 80 valence electrons. The summed E-state index contributed by atoms with van der Waals surface area (Å²) in [6.45, 7) is 7.85. The van der Waals surface area contributed by atoms with Crippen LogP contribution in [0.5, 0.6) is 0 Å². The number of nitriles is 1. The van der Waals surface area contributed by atoms with Crippen LogP contribution < -0.4 is 5.73 Å². The van der Waals surface area contributed by atoms with Crippen molar-refractivity contribution >= 4 is 0 Å². The summed E-state index contributed by atoms with van der Waals surface area (Å²) in [7, 11) is 0. The summed E-state index contributed by atoms with van der Waals surface area (Å²) in [5, 5.41) is 9.04. The molecule has 1 aromatic rings. The van der Waals surface area contributed by atoms with Gasteiger partial charge in [0.25, 0.3) is 0 Å². The summed E-state index contributed by atoms with van der Waals surface area (Å²) in [4.78, 5) is 0. The molecule has 0 saturated heterocycles. The molecule has 2 nitrogen and oxygen atoms in total. The van der Waals surface area contributed by atoms with Gasteiger partial charge < -0.3 is 5.73 Å². The first-order chi connectivity index (χ1) is 6.88. The molecule has 1 unspecified atom stereocenters. The van der Waals surface area contributed by atoms with Gasteiger partial charge in [0.15, 0.2) is 0 Å². The summed E-state index contributed by atoms with van der Waals surface area (Å²) >= 11 is 0. The van der Waals surface area contributed by atoms with Crippen LogP contribution >= 0.6 is 0 Å². The highest BCUT2D eigenvalue weighted by molar-refractivity contribution is 5.38. The van der Waals surface area contributed by atoms with Crippen LogP contribution in [0.3, 0.4) is 0 Å².